The number of para-hydroxylation sites is 1. The summed E-state index contributed by atoms with van der Waals surface area (Å²) in [6, 6.07) is 9.65. The first-order valence-corrected chi connectivity index (χ1v) is 9.00. The molecule has 1 atom stereocenters. The van der Waals surface area contributed by atoms with Crippen LogP contribution in [-0.4, -0.2) is 35.2 Å². The molecule has 0 aliphatic heterocycles. The fraction of sp³-hybridized carbons (Fsp3) is 0.375. The minimum Gasteiger partial charge on any atom is -0.368 e. The lowest BCUT2D eigenvalue weighted by atomic mass is 10.1. The second-order valence-corrected chi connectivity index (χ2v) is 7.98. The van der Waals surface area contributed by atoms with E-state index in [1.807, 2.05) is 58.0 Å². The molecule has 3 rings (SSSR count). The summed E-state index contributed by atoms with van der Waals surface area (Å²) in [7, 11) is 0. The Hall–Kier alpha value is -2.75. The van der Waals surface area contributed by atoms with E-state index in [9.17, 15) is 0 Å². The van der Waals surface area contributed by atoms with Gasteiger partial charge in [0.05, 0.1) is 10.8 Å². The van der Waals surface area contributed by atoms with E-state index in [1.165, 1.54) is 11.8 Å². The predicted molar refractivity (Wildman–Crippen MR) is 101 cm³/mol. The van der Waals surface area contributed by atoms with Crippen molar-refractivity contribution in [3.8, 4) is 0 Å². The lowest BCUT2D eigenvalue weighted by molar-refractivity contribution is 0.321. The molecule has 1 aromatic carbocycles. The van der Waals surface area contributed by atoms with Gasteiger partial charge in [-0.25, -0.2) is 4.68 Å². The molecule has 136 valence electrons. The highest BCUT2D eigenvalue weighted by Gasteiger charge is 2.23. The third kappa shape index (κ3) is 4.26. The molecule has 0 fully saturated rings. The number of benzene rings is 1. The van der Waals surface area contributed by atoms with E-state index < -0.39 is 0 Å². The molecule has 3 N–H and O–H groups in total. The summed E-state index contributed by atoms with van der Waals surface area (Å²) in [5, 5.41) is 15.7. The van der Waals surface area contributed by atoms with Gasteiger partial charge in [0.1, 0.15) is 5.82 Å². The van der Waals surface area contributed by atoms with Crippen molar-refractivity contribution in [3.05, 3.63) is 36.2 Å². The average Bonchev–Trinajstić information content (AvgIpc) is 3.03. The van der Waals surface area contributed by atoms with Gasteiger partial charge < -0.3 is 11.1 Å². The number of nitrogens with one attached hydrogen (secondary N) is 1. The van der Waals surface area contributed by atoms with Gasteiger partial charge in [-0.3, -0.25) is 0 Å². The molecule has 0 aliphatic rings. The number of hydrogen-bond donors (Lipinski definition) is 2. The van der Waals surface area contributed by atoms with Crippen LogP contribution in [0.4, 0.5) is 17.6 Å². The van der Waals surface area contributed by atoms with Crippen LogP contribution >= 0.6 is 11.8 Å². The first-order valence-electron chi connectivity index (χ1n) is 8.12. The summed E-state index contributed by atoms with van der Waals surface area (Å²) < 4.78 is 1.78. The van der Waals surface area contributed by atoms with Gasteiger partial charge >= 0.3 is 0 Å². The Labute approximate surface area is 155 Å². The summed E-state index contributed by atoms with van der Waals surface area (Å²) >= 11 is 1.47. The average molecular weight is 371 g/mol. The van der Waals surface area contributed by atoms with Crippen LogP contribution in [0.25, 0.3) is 0 Å². The Kier molecular flexibility index (Phi) is 5.03. The molecule has 0 saturated heterocycles. The molecular formula is C16H21N9S. The molecule has 10 heteroatoms. The van der Waals surface area contributed by atoms with Crippen molar-refractivity contribution in [1.82, 2.24) is 35.2 Å². The van der Waals surface area contributed by atoms with Crippen molar-refractivity contribution in [2.75, 3.05) is 11.1 Å². The second-order valence-electron chi connectivity index (χ2n) is 6.67. The Balaban J connectivity index is 1.82. The molecule has 0 aliphatic carbocycles. The van der Waals surface area contributed by atoms with Gasteiger partial charge in [0.25, 0.3) is 0 Å². The summed E-state index contributed by atoms with van der Waals surface area (Å²) in [4.78, 5) is 12.9. The quantitative estimate of drug-likeness (QED) is 0.652. The molecule has 2 heterocycles. The number of nitrogens with zero attached hydrogens (tertiary/aromatic N) is 7. The van der Waals surface area contributed by atoms with E-state index in [1.54, 1.807) is 4.68 Å². The van der Waals surface area contributed by atoms with Crippen molar-refractivity contribution >= 4 is 29.3 Å². The fourth-order valence-electron chi connectivity index (χ4n) is 2.18. The van der Waals surface area contributed by atoms with Crippen molar-refractivity contribution in [3.63, 3.8) is 0 Å². The van der Waals surface area contributed by atoms with Gasteiger partial charge in [-0.15, -0.1) is 5.10 Å². The first-order chi connectivity index (χ1) is 12.3. The highest BCUT2D eigenvalue weighted by molar-refractivity contribution is 7.99. The smallest absolute Gasteiger partial charge is 0.232 e. The van der Waals surface area contributed by atoms with Gasteiger partial charge in [-0.2, -0.15) is 15.0 Å². The number of tetrazole rings is 1. The summed E-state index contributed by atoms with van der Waals surface area (Å²) in [5.41, 5.74) is 6.52. The molecule has 0 saturated carbocycles. The van der Waals surface area contributed by atoms with Crippen molar-refractivity contribution < 1.29 is 0 Å². The largest absolute Gasteiger partial charge is 0.368 e. The van der Waals surface area contributed by atoms with Gasteiger partial charge in [0.2, 0.25) is 17.1 Å². The van der Waals surface area contributed by atoms with Gasteiger partial charge in [-0.1, -0.05) is 30.0 Å². The maximum absolute atomic E-state index is 5.87. The normalized spacial score (nSPS) is 12.8. The molecule has 9 nitrogen and oxygen atoms in total. The van der Waals surface area contributed by atoms with Crippen molar-refractivity contribution in [1.29, 1.82) is 0 Å². The van der Waals surface area contributed by atoms with E-state index in [-0.39, 0.29) is 16.7 Å². The lowest BCUT2D eigenvalue weighted by Crippen LogP contribution is -2.24. The lowest BCUT2D eigenvalue weighted by Gasteiger charge is -2.20. The first kappa shape index (κ1) is 18.1. The molecule has 0 radical (unpaired) electrons. The van der Waals surface area contributed by atoms with Crippen molar-refractivity contribution in [2.24, 2.45) is 0 Å². The molecule has 3 aromatic rings. The van der Waals surface area contributed by atoms with E-state index in [0.29, 0.717) is 16.9 Å². The summed E-state index contributed by atoms with van der Waals surface area (Å²) in [5.74, 6) is 1.13. The Morgan fingerprint density at radius 2 is 1.85 bits per heavy atom. The van der Waals surface area contributed by atoms with Crippen LogP contribution in [0.5, 0.6) is 0 Å². The maximum atomic E-state index is 5.87. The number of rotatable bonds is 5. The zero-order valence-electron chi connectivity index (χ0n) is 15.1. The second kappa shape index (κ2) is 7.24. The van der Waals surface area contributed by atoms with Crippen molar-refractivity contribution in [2.45, 2.75) is 43.6 Å². The van der Waals surface area contributed by atoms with Crippen LogP contribution in [-0.2, 0) is 5.54 Å². The van der Waals surface area contributed by atoms with Gasteiger partial charge in [0, 0.05) is 5.69 Å². The number of nitrogen functional groups attached to an aromatic ring is 1. The zero-order valence-corrected chi connectivity index (χ0v) is 15.9. The Morgan fingerprint density at radius 3 is 2.54 bits per heavy atom. The van der Waals surface area contributed by atoms with E-state index in [0.717, 1.165) is 5.69 Å². The number of nitrogens with two attached hydrogens (primary N) is 1. The van der Waals surface area contributed by atoms with E-state index in [4.69, 9.17) is 5.73 Å². The molecule has 1 unspecified atom stereocenters. The Bertz CT molecular complexity index is 873. The van der Waals surface area contributed by atoms with Crippen LogP contribution in [0.3, 0.4) is 0 Å². The molecule has 2 aromatic heterocycles. The highest BCUT2D eigenvalue weighted by atomic mass is 32.2. The summed E-state index contributed by atoms with van der Waals surface area (Å²) in [6.45, 7) is 8.11. The standard InChI is InChI=1S/C16H21N9S/c1-10(26-15-22-23-24-25(15)16(2,3)4)12-19-13(17)21-14(20-12)18-11-8-6-5-7-9-11/h5-10H,1-4H3,(H3,17,18,19,20,21). The number of thioether (sulfide) groups is 1. The monoisotopic (exact) mass is 371 g/mol. The molecular weight excluding hydrogens is 350 g/mol. The fourth-order valence-corrected chi connectivity index (χ4v) is 3.20. The third-order valence-corrected chi connectivity index (χ3v) is 4.45. The van der Waals surface area contributed by atoms with Crippen LogP contribution < -0.4 is 11.1 Å². The summed E-state index contributed by atoms with van der Waals surface area (Å²) in [6.07, 6.45) is 0. The van der Waals surface area contributed by atoms with E-state index >= 15 is 0 Å². The third-order valence-electron chi connectivity index (χ3n) is 3.42. The SMILES string of the molecule is CC(Sc1nnnn1C(C)(C)C)c1nc(N)nc(Nc2ccccc2)n1. The van der Waals surface area contributed by atoms with Crippen LogP contribution in [0.2, 0.25) is 0 Å². The van der Waals surface area contributed by atoms with Crippen LogP contribution in [0, 0.1) is 0 Å². The van der Waals surface area contributed by atoms with Crippen LogP contribution in [0.15, 0.2) is 35.5 Å². The molecule has 0 spiro atoms. The topological polar surface area (TPSA) is 120 Å². The minimum atomic E-state index is -0.219. The molecule has 0 bridgehead atoms. The number of anilines is 3. The van der Waals surface area contributed by atoms with Crippen LogP contribution in [0.1, 0.15) is 38.8 Å². The molecule has 0 amide bonds. The van der Waals surface area contributed by atoms with E-state index in [2.05, 4.69) is 35.8 Å². The highest BCUT2D eigenvalue weighted by Crippen LogP contribution is 2.33. The zero-order chi connectivity index (χ0) is 18.7. The van der Waals surface area contributed by atoms with Gasteiger partial charge in [0.15, 0.2) is 0 Å². The van der Waals surface area contributed by atoms with Gasteiger partial charge in [-0.05, 0) is 50.3 Å². The predicted octanol–water partition coefficient (Wildman–Crippen LogP) is 2.79. The molecule has 26 heavy (non-hydrogen) atoms. The number of aromatic nitrogens is 7. The number of hydrogen-bond acceptors (Lipinski definition) is 9. The maximum Gasteiger partial charge on any atom is 0.232 e. The Morgan fingerprint density at radius 1 is 1.12 bits per heavy atom. The minimum absolute atomic E-state index is 0.108.